The number of rotatable bonds is 9. The van der Waals surface area contributed by atoms with Gasteiger partial charge in [0.05, 0.1) is 19.3 Å². The lowest BCUT2D eigenvalue weighted by Gasteiger charge is -2.35. The minimum absolute atomic E-state index is 0.000855. The van der Waals surface area contributed by atoms with E-state index in [1.807, 2.05) is 80.7 Å². The quantitative estimate of drug-likeness (QED) is 0.205. The number of fused-ring (bicyclic) bond motifs is 3. The molecule has 4 atom stereocenters. The maximum absolute atomic E-state index is 14.6. The summed E-state index contributed by atoms with van der Waals surface area (Å²) in [6.45, 7) is 4.85. The first-order valence-corrected chi connectivity index (χ1v) is 14.7. The number of ether oxygens (including phenoxy) is 2. The predicted molar refractivity (Wildman–Crippen MR) is 161 cm³/mol. The van der Waals surface area contributed by atoms with Crippen molar-refractivity contribution in [3.05, 3.63) is 112 Å². The summed E-state index contributed by atoms with van der Waals surface area (Å²) in [5, 5.41) is 20.4. The van der Waals surface area contributed by atoms with Crippen LogP contribution in [0, 0.1) is 34.5 Å². The number of allylic oxidation sites excluding steroid dienone is 1. The topological polar surface area (TPSA) is 86.4 Å². The zero-order valence-electron chi connectivity index (χ0n) is 23.9. The third-order valence-electron chi connectivity index (χ3n) is 8.62. The Kier molecular flexibility index (Phi) is 7.55. The maximum Gasteiger partial charge on any atom is 0.185 e. The summed E-state index contributed by atoms with van der Waals surface area (Å²) in [5.41, 5.74) is 4.71. The van der Waals surface area contributed by atoms with Crippen LogP contribution in [0.2, 0.25) is 0 Å². The number of hydrogen-bond donors (Lipinski definition) is 0. The van der Waals surface area contributed by atoms with Crippen LogP contribution in [0.5, 0.6) is 11.5 Å². The van der Waals surface area contributed by atoms with Crippen molar-refractivity contribution in [2.24, 2.45) is 11.8 Å². The lowest BCUT2D eigenvalue weighted by atomic mass is 9.71. The first-order valence-electron chi connectivity index (χ1n) is 14.7. The Bertz CT molecular complexity index is 1630. The highest BCUT2D eigenvalue weighted by molar-refractivity contribution is 6.01. The Morgan fingerprint density at radius 1 is 0.905 bits per heavy atom. The van der Waals surface area contributed by atoms with Gasteiger partial charge in [-0.2, -0.15) is 10.5 Å². The van der Waals surface area contributed by atoms with E-state index in [1.165, 1.54) is 0 Å². The van der Waals surface area contributed by atoms with Crippen LogP contribution in [-0.2, 0) is 0 Å². The van der Waals surface area contributed by atoms with Crippen molar-refractivity contribution in [2.75, 3.05) is 13.2 Å². The molecule has 0 aromatic heterocycles. The molecule has 1 aliphatic carbocycles. The van der Waals surface area contributed by atoms with Gasteiger partial charge in [0.25, 0.3) is 0 Å². The van der Waals surface area contributed by atoms with Gasteiger partial charge in [0.1, 0.15) is 35.3 Å². The van der Waals surface area contributed by atoms with Crippen LogP contribution in [0.1, 0.15) is 65.7 Å². The summed E-state index contributed by atoms with van der Waals surface area (Å²) in [6, 6.07) is 27.1. The lowest BCUT2D eigenvalue weighted by molar-refractivity contribution is 0.0874. The van der Waals surface area contributed by atoms with Gasteiger partial charge in [-0.25, -0.2) is 0 Å². The van der Waals surface area contributed by atoms with E-state index in [0.29, 0.717) is 30.3 Å². The number of benzene rings is 3. The van der Waals surface area contributed by atoms with Crippen LogP contribution in [0.4, 0.5) is 0 Å². The van der Waals surface area contributed by atoms with Crippen molar-refractivity contribution < 1.29 is 14.3 Å². The van der Waals surface area contributed by atoms with Gasteiger partial charge in [0.15, 0.2) is 5.78 Å². The molecule has 0 radical (unpaired) electrons. The van der Waals surface area contributed by atoms with Gasteiger partial charge in [0.2, 0.25) is 0 Å². The lowest BCUT2D eigenvalue weighted by Crippen LogP contribution is -2.37. The molecular weight excluding hydrogens is 522 g/mol. The fourth-order valence-corrected chi connectivity index (χ4v) is 6.89. The molecular formula is C36H33N3O3. The molecule has 210 valence electrons. The number of nitriles is 2. The van der Waals surface area contributed by atoms with Gasteiger partial charge in [-0.15, -0.1) is 0 Å². The van der Waals surface area contributed by atoms with Crippen molar-refractivity contribution in [2.45, 2.75) is 44.7 Å². The average molecular weight is 556 g/mol. The number of nitrogens with zero attached hydrogens (tertiary/aromatic N) is 3. The molecule has 0 N–H and O–H groups in total. The molecule has 6 nitrogen and oxygen atoms in total. The van der Waals surface area contributed by atoms with Crippen LogP contribution in [-0.4, -0.2) is 29.9 Å². The van der Waals surface area contributed by atoms with Gasteiger partial charge in [-0.1, -0.05) is 60.7 Å². The minimum Gasteiger partial charge on any atom is -0.494 e. The summed E-state index contributed by atoms with van der Waals surface area (Å²) >= 11 is 0. The number of hydrogen-bond acceptors (Lipinski definition) is 6. The predicted octanol–water partition coefficient (Wildman–Crippen LogP) is 7.23. The standard InChI is InChI=1S/C36H33N3O3/c1-3-41-27-16-17-29(30(20-27)42-4-2)32-33(31(24-14-15-24)26(21-37)22-38)34-28-13-9-8-10-23(28)18-19-39(34)35(32)36(40)25-11-6-5-7-12-25/h5-13,16-20,24,32-35H,3-4,14-15H2,1-2H3. The number of ketones is 1. The monoisotopic (exact) mass is 555 g/mol. The Morgan fingerprint density at radius 2 is 1.62 bits per heavy atom. The highest BCUT2D eigenvalue weighted by Crippen LogP contribution is 2.60. The van der Waals surface area contributed by atoms with Gasteiger partial charge < -0.3 is 14.4 Å². The summed E-state index contributed by atoms with van der Waals surface area (Å²) in [7, 11) is 0. The molecule has 3 aromatic rings. The van der Waals surface area contributed by atoms with Crippen molar-refractivity contribution in [1.82, 2.24) is 4.90 Å². The molecule has 1 saturated heterocycles. The minimum atomic E-state index is -0.587. The summed E-state index contributed by atoms with van der Waals surface area (Å²) in [5.74, 6) is 0.804. The number of carbonyl (C=O) groups excluding carboxylic acids is 1. The van der Waals surface area contributed by atoms with Crippen LogP contribution >= 0.6 is 0 Å². The molecule has 0 spiro atoms. The molecule has 3 aromatic carbocycles. The van der Waals surface area contributed by atoms with E-state index >= 15 is 0 Å². The van der Waals surface area contributed by atoms with E-state index in [1.54, 1.807) is 0 Å². The average Bonchev–Trinajstić information content (AvgIpc) is 3.81. The van der Waals surface area contributed by atoms with Crippen molar-refractivity contribution in [3.8, 4) is 23.6 Å². The summed E-state index contributed by atoms with van der Waals surface area (Å²) < 4.78 is 12.1. The van der Waals surface area contributed by atoms with Gasteiger partial charge >= 0.3 is 0 Å². The smallest absolute Gasteiger partial charge is 0.185 e. The maximum atomic E-state index is 14.6. The molecule has 0 amide bonds. The molecule has 2 fully saturated rings. The fourth-order valence-electron chi connectivity index (χ4n) is 6.89. The van der Waals surface area contributed by atoms with Gasteiger partial charge in [-0.3, -0.25) is 4.79 Å². The Hall–Kier alpha value is -4.81. The fraction of sp³-hybridized carbons (Fsp3) is 0.306. The molecule has 2 aliphatic heterocycles. The van der Waals surface area contributed by atoms with Crippen molar-refractivity contribution in [3.63, 3.8) is 0 Å². The third kappa shape index (κ3) is 4.74. The normalized spacial score (nSPS) is 21.9. The second-order valence-corrected chi connectivity index (χ2v) is 11.0. The van der Waals surface area contributed by atoms with Crippen LogP contribution in [0.25, 0.3) is 6.08 Å². The Labute approximate surface area is 247 Å². The summed E-state index contributed by atoms with van der Waals surface area (Å²) in [4.78, 5) is 16.8. The Morgan fingerprint density at radius 3 is 2.31 bits per heavy atom. The largest absolute Gasteiger partial charge is 0.494 e. The molecule has 4 unspecified atom stereocenters. The zero-order valence-corrected chi connectivity index (χ0v) is 23.9. The van der Waals surface area contributed by atoms with E-state index in [2.05, 4.69) is 35.2 Å². The zero-order chi connectivity index (χ0) is 29.2. The SMILES string of the molecule is CCOc1ccc(C2C(C(=C(C#N)C#N)C3CC3)C3c4ccccc4C=CN3C2C(=O)c2ccccc2)c(OCC)c1. The van der Waals surface area contributed by atoms with Crippen LogP contribution < -0.4 is 9.47 Å². The second kappa shape index (κ2) is 11.6. The van der Waals surface area contributed by atoms with Crippen molar-refractivity contribution >= 4 is 11.9 Å². The van der Waals surface area contributed by atoms with Gasteiger partial charge in [0, 0.05) is 35.2 Å². The van der Waals surface area contributed by atoms with E-state index in [9.17, 15) is 15.3 Å². The molecule has 3 aliphatic rings. The molecule has 2 heterocycles. The number of Topliss-reactive ketones (excluding diaryl/α,β-unsaturated/α-hetero) is 1. The van der Waals surface area contributed by atoms with Gasteiger partial charge in [-0.05, 0) is 61.4 Å². The first kappa shape index (κ1) is 27.4. The van der Waals surface area contributed by atoms with E-state index in [-0.39, 0.29) is 35.2 Å². The number of carbonyl (C=O) groups is 1. The summed E-state index contributed by atoms with van der Waals surface area (Å²) in [6.07, 6.45) is 5.95. The molecule has 6 heteroatoms. The van der Waals surface area contributed by atoms with Crippen molar-refractivity contribution in [1.29, 1.82) is 10.5 Å². The van der Waals surface area contributed by atoms with E-state index in [4.69, 9.17) is 9.47 Å². The molecule has 42 heavy (non-hydrogen) atoms. The third-order valence-corrected chi connectivity index (χ3v) is 8.62. The molecule has 1 saturated carbocycles. The van der Waals surface area contributed by atoms with Crippen LogP contribution in [0.3, 0.4) is 0 Å². The Balaban J connectivity index is 1.65. The van der Waals surface area contributed by atoms with Crippen LogP contribution in [0.15, 0.2) is 90.1 Å². The first-order chi connectivity index (χ1) is 20.6. The highest BCUT2D eigenvalue weighted by Gasteiger charge is 2.57. The molecule has 0 bridgehead atoms. The highest BCUT2D eigenvalue weighted by atomic mass is 16.5. The van der Waals surface area contributed by atoms with E-state index < -0.39 is 6.04 Å². The molecule has 6 rings (SSSR count). The van der Waals surface area contributed by atoms with E-state index in [0.717, 1.165) is 35.1 Å². The second-order valence-electron chi connectivity index (χ2n) is 11.0.